The second-order valence-corrected chi connectivity index (χ2v) is 6.24. The van der Waals surface area contributed by atoms with Crippen LogP contribution in [0.2, 0.25) is 0 Å². The molecule has 1 aromatic carbocycles. The third kappa shape index (κ3) is 4.42. The first-order valence-electron chi connectivity index (χ1n) is 7.58. The van der Waals surface area contributed by atoms with E-state index in [-0.39, 0.29) is 5.91 Å². The van der Waals surface area contributed by atoms with Gasteiger partial charge >= 0.3 is 0 Å². The fourth-order valence-corrected chi connectivity index (χ4v) is 2.73. The molecule has 2 rings (SSSR count). The molecule has 5 nitrogen and oxygen atoms in total. The van der Waals surface area contributed by atoms with Gasteiger partial charge in [0.2, 0.25) is 5.91 Å². The number of hydrogen-bond donors (Lipinski definition) is 2. The van der Waals surface area contributed by atoms with E-state index in [1.165, 1.54) is 0 Å². The number of carbonyl (C=O) groups excluding carboxylic acids is 1. The van der Waals surface area contributed by atoms with Gasteiger partial charge in [-0.25, -0.2) is 0 Å². The van der Waals surface area contributed by atoms with Crippen LogP contribution in [0, 0.1) is 6.92 Å². The van der Waals surface area contributed by atoms with E-state index in [2.05, 4.69) is 15.5 Å². The van der Waals surface area contributed by atoms with E-state index in [9.17, 15) is 4.79 Å². The molecule has 1 aliphatic heterocycles. The van der Waals surface area contributed by atoms with E-state index in [0.717, 1.165) is 43.0 Å². The number of nitrogens with zero attached hydrogens (tertiary/aromatic N) is 2. The Kier molecular flexibility index (Phi) is 5.74. The Balaban J connectivity index is 1.94. The minimum absolute atomic E-state index is 0.213. The van der Waals surface area contributed by atoms with Gasteiger partial charge < -0.3 is 20.4 Å². The topological polar surface area (TPSA) is 47.6 Å². The zero-order valence-electron chi connectivity index (χ0n) is 13.5. The van der Waals surface area contributed by atoms with Crippen LogP contribution in [0.15, 0.2) is 18.2 Å². The van der Waals surface area contributed by atoms with Gasteiger partial charge in [-0.15, -0.1) is 0 Å². The molecule has 0 unspecified atom stereocenters. The zero-order valence-corrected chi connectivity index (χ0v) is 14.3. The van der Waals surface area contributed by atoms with Crippen LogP contribution in [0.4, 0.5) is 11.4 Å². The lowest BCUT2D eigenvalue weighted by Gasteiger charge is -2.19. The summed E-state index contributed by atoms with van der Waals surface area (Å²) in [7, 11) is 4.06. The summed E-state index contributed by atoms with van der Waals surface area (Å²) < 4.78 is 0. The van der Waals surface area contributed by atoms with Crippen molar-refractivity contribution < 1.29 is 4.79 Å². The highest BCUT2D eigenvalue weighted by atomic mass is 32.1. The van der Waals surface area contributed by atoms with Gasteiger partial charge in [0.05, 0.1) is 0 Å². The van der Waals surface area contributed by atoms with Crippen LogP contribution in [0.25, 0.3) is 0 Å². The molecule has 1 aromatic rings. The fourth-order valence-electron chi connectivity index (χ4n) is 2.51. The zero-order chi connectivity index (χ0) is 16.1. The fraction of sp³-hybridized carbons (Fsp3) is 0.500. The molecular weight excluding hydrogens is 296 g/mol. The number of hydrogen-bond acceptors (Lipinski definition) is 3. The van der Waals surface area contributed by atoms with E-state index >= 15 is 0 Å². The monoisotopic (exact) mass is 320 g/mol. The molecule has 0 radical (unpaired) electrons. The summed E-state index contributed by atoms with van der Waals surface area (Å²) in [4.78, 5) is 15.8. The first-order chi connectivity index (χ1) is 10.5. The molecule has 1 heterocycles. The average molecular weight is 320 g/mol. The van der Waals surface area contributed by atoms with Crippen molar-refractivity contribution in [2.24, 2.45) is 0 Å². The molecule has 0 spiro atoms. The van der Waals surface area contributed by atoms with E-state index in [1.807, 2.05) is 44.1 Å². The summed E-state index contributed by atoms with van der Waals surface area (Å²) >= 11 is 5.28. The number of aryl methyl sites for hydroxylation is 1. The third-order valence-corrected chi connectivity index (χ3v) is 3.91. The van der Waals surface area contributed by atoms with Gasteiger partial charge in [-0.1, -0.05) is 0 Å². The predicted octanol–water partition coefficient (Wildman–Crippen LogP) is 1.97. The van der Waals surface area contributed by atoms with E-state index in [1.54, 1.807) is 0 Å². The smallest absolute Gasteiger partial charge is 0.227 e. The van der Waals surface area contributed by atoms with Crippen LogP contribution in [-0.4, -0.2) is 49.6 Å². The van der Waals surface area contributed by atoms with Gasteiger partial charge in [0.25, 0.3) is 0 Å². The number of amides is 1. The molecule has 6 heteroatoms. The number of benzene rings is 1. The second kappa shape index (κ2) is 7.56. The molecule has 0 bridgehead atoms. The molecule has 0 aromatic heterocycles. The maximum Gasteiger partial charge on any atom is 0.227 e. The molecule has 1 saturated heterocycles. The average Bonchev–Trinajstić information content (AvgIpc) is 2.84. The maximum absolute atomic E-state index is 11.8. The first kappa shape index (κ1) is 16.7. The highest BCUT2D eigenvalue weighted by Crippen LogP contribution is 2.27. The molecule has 120 valence electrons. The largest absolute Gasteiger partial charge is 0.361 e. The van der Waals surface area contributed by atoms with Gasteiger partial charge in [0, 0.05) is 37.4 Å². The molecule has 0 saturated carbocycles. The SMILES string of the molecule is Cc1cc(NC(=S)NCCN(C)C)ccc1N1CCCC1=O. The number of nitrogens with one attached hydrogen (secondary N) is 2. The van der Waals surface area contributed by atoms with Crippen LogP contribution in [0.3, 0.4) is 0 Å². The Bertz CT molecular complexity index is 559. The van der Waals surface area contributed by atoms with Gasteiger partial charge in [0.15, 0.2) is 5.11 Å². The maximum atomic E-state index is 11.8. The van der Waals surface area contributed by atoms with Gasteiger partial charge in [-0.3, -0.25) is 4.79 Å². The van der Waals surface area contributed by atoms with Crippen LogP contribution < -0.4 is 15.5 Å². The number of rotatable bonds is 5. The minimum atomic E-state index is 0.213. The summed E-state index contributed by atoms with van der Waals surface area (Å²) in [6.07, 6.45) is 1.59. The summed E-state index contributed by atoms with van der Waals surface area (Å²) in [5, 5.41) is 6.97. The summed E-state index contributed by atoms with van der Waals surface area (Å²) in [5.74, 6) is 0.213. The molecule has 2 N–H and O–H groups in total. The lowest BCUT2D eigenvalue weighted by atomic mass is 10.1. The van der Waals surface area contributed by atoms with Crippen molar-refractivity contribution in [2.45, 2.75) is 19.8 Å². The van der Waals surface area contributed by atoms with Crippen LogP contribution in [0.5, 0.6) is 0 Å². The molecule has 0 aliphatic carbocycles. The lowest BCUT2D eigenvalue weighted by Crippen LogP contribution is -2.34. The van der Waals surface area contributed by atoms with Crippen LogP contribution >= 0.6 is 12.2 Å². The van der Waals surface area contributed by atoms with E-state index in [4.69, 9.17) is 12.2 Å². The quantitative estimate of drug-likeness (QED) is 0.812. The Hall–Kier alpha value is -1.66. The van der Waals surface area contributed by atoms with Crippen LogP contribution in [-0.2, 0) is 4.79 Å². The molecule has 1 fully saturated rings. The number of carbonyl (C=O) groups is 1. The summed E-state index contributed by atoms with van der Waals surface area (Å²) in [6, 6.07) is 5.98. The summed E-state index contributed by atoms with van der Waals surface area (Å²) in [5.41, 5.74) is 3.02. The molecule has 22 heavy (non-hydrogen) atoms. The molecule has 1 amide bonds. The Morgan fingerprint density at radius 1 is 1.41 bits per heavy atom. The summed E-state index contributed by atoms with van der Waals surface area (Å²) in [6.45, 7) is 4.57. The molecule has 0 atom stereocenters. The Labute approximate surface area is 137 Å². The van der Waals surface area contributed by atoms with Crippen molar-refractivity contribution in [1.29, 1.82) is 0 Å². The lowest BCUT2D eigenvalue weighted by molar-refractivity contribution is -0.117. The third-order valence-electron chi connectivity index (χ3n) is 3.66. The second-order valence-electron chi connectivity index (χ2n) is 5.83. The predicted molar refractivity (Wildman–Crippen MR) is 95.5 cm³/mol. The molecule has 1 aliphatic rings. The van der Waals surface area contributed by atoms with Gasteiger partial charge in [-0.05, 0) is 63.4 Å². The van der Waals surface area contributed by atoms with Crippen molar-refractivity contribution in [2.75, 3.05) is 43.9 Å². The van der Waals surface area contributed by atoms with Crippen molar-refractivity contribution in [3.63, 3.8) is 0 Å². The Morgan fingerprint density at radius 2 is 2.18 bits per heavy atom. The number of likely N-dealkylation sites (N-methyl/N-ethyl adjacent to an activating group) is 1. The molecular formula is C16H24N4OS. The van der Waals surface area contributed by atoms with Gasteiger partial charge in [0.1, 0.15) is 0 Å². The van der Waals surface area contributed by atoms with Crippen molar-refractivity contribution in [1.82, 2.24) is 10.2 Å². The van der Waals surface area contributed by atoms with Crippen molar-refractivity contribution in [3.8, 4) is 0 Å². The standard InChI is InChI=1S/C16H24N4OS/c1-12-11-13(18-16(22)17-8-10-19(2)3)6-7-14(12)20-9-4-5-15(20)21/h6-7,11H,4-5,8-10H2,1-3H3,(H2,17,18,22). The highest BCUT2D eigenvalue weighted by molar-refractivity contribution is 7.80. The van der Waals surface area contributed by atoms with Gasteiger partial charge in [-0.2, -0.15) is 0 Å². The Morgan fingerprint density at radius 3 is 2.77 bits per heavy atom. The first-order valence-corrected chi connectivity index (χ1v) is 7.99. The van der Waals surface area contributed by atoms with E-state index in [0.29, 0.717) is 11.5 Å². The number of thiocarbonyl (C=S) groups is 1. The number of anilines is 2. The van der Waals surface area contributed by atoms with Crippen molar-refractivity contribution in [3.05, 3.63) is 23.8 Å². The van der Waals surface area contributed by atoms with Crippen LogP contribution in [0.1, 0.15) is 18.4 Å². The normalized spacial score (nSPS) is 14.5. The highest BCUT2D eigenvalue weighted by Gasteiger charge is 2.22. The minimum Gasteiger partial charge on any atom is -0.361 e. The van der Waals surface area contributed by atoms with E-state index < -0.39 is 0 Å². The van der Waals surface area contributed by atoms with Crippen molar-refractivity contribution >= 4 is 34.6 Å².